The molecule has 3 rings (SSSR count). The van der Waals surface area contributed by atoms with Crippen LogP contribution in [0.2, 0.25) is 0 Å². The summed E-state index contributed by atoms with van der Waals surface area (Å²) in [5.41, 5.74) is -0.172. The summed E-state index contributed by atoms with van der Waals surface area (Å²) >= 11 is 0. The Balaban J connectivity index is 2.12. The third kappa shape index (κ3) is 1.89. The van der Waals surface area contributed by atoms with Gasteiger partial charge in [0.2, 0.25) is 5.78 Å². The second kappa shape index (κ2) is 4.28. The summed E-state index contributed by atoms with van der Waals surface area (Å²) in [6, 6.07) is 6.99. The van der Waals surface area contributed by atoms with Gasteiger partial charge in [-0.25, -0.2) is 8.78 Å². The number of nitrogens with zero attached hydrogens (tertiary/aromatic N) is 1. The van der Waals surface area contributed by atoms with E-state index in [1.165, 1.54) is 30.5 Å². The molecule has 0 radical (unpaired) electrons. The first kappa shape index (κ1) is 11.5. The average Bonchev–Trinajstić information content (AvgIpc) is 2.84. The lowest BCUT2D eigenvalue weighted by Gasteiger charge is -1.97. The maximum absolute atomic E-state index is 13.5. The first-order chi connectivity index (χ1) is 9.16. The van der Waals surface area contributed by atoms with Gasteiger partial charge in [-0.2, -0.15) is 0 Å². The molecule has 0 bridgehead atoms. The van der Waals surface area contributed by atoms with Crippen LogP contribution in [0.4, 0.5) is 8.78 Å². The molecule has 0 aliphatic carbocycles. The van der Waals surface area contributed by atoms with Gasteiger partial charge in [-0.3, -0.25) is 9.78 Å². The molecule has 3 aromatic rings. The van der Waals surface area contributed by atoms with Gasteiger partial charge in [-0.1, -0.05) is 12.1 Å². The number of halogens is 2. The number of carbonyl (C=O) groups excluding carboxylic acids is 1. The molecule has 2 heterocycles. The van der Waals surface area contributed by atoms with Gasteiger partial charge in [0.1, 0.15) is 0 Å². The zero-order valence-corrected chi connectivity index (χ0v) is 9.56. The monoisotopic (exact) mass is 259 g/mol. The van der Waals surface area contributed by atoms with Crippen LogP contribution >= 0.6 is 0 Å². The lowest BCUT2D eigenvalue weighted by molar-refractivity contribution is 0.101. The molecule has 0 N–H and O–H groups in total. The van der Waals surface area contributed by atoms with E-state index in [1.54, 1.807) is 6.07 Å². The summed E-state index contributed by atoms with van der Waals surface area (Å²) < 4.78 is 32.1. The van der Waals surface area contributed by atoms with Crippen LogP contribution in [0.25, 0.3) is 11.0 Å². The molecule has 0 amide bonds. The van der Waals surface area contributed by atoms with E-state index in [2.05, 4.69) is 4.98 Å². The molecule has 19 heavy (non-hydrogen) atoms. The molecular weight excluding hydrogens is 252 g/mol. The van der Waals surface area contributed by atoms with Crippen LogP contribution in [-0.2, 0) is 0 Å². The summed E-state index contributed by atoms with van der Waals surface area (Å²) in [5.74, 6) is -2.05. The number of pyridine rings is 1. The van der Waals surface area contributed by atoms with Crippen LogP contribution in [-0.4, -0.2) is 10.8 Å². The van der Waals surface area contributed by atoms with Gasteiger partial charge in [0.05, 0.1) is 11.8 Å². The Labute approximate surface area is 106 Å². The van der Waals surface area contributed by atoms with Crippen LogP contribution in [0.3, 0.4) is 0 Å². The number of aromatic nitrogens is 1. The van der Waals surface area contributed by atoms with Gasteiger partial charge in [-0.05, 0) is 18.2 Å². The van der Waals surface area contributed by atoms with Crippen molar-refractivity contribution in [3.8, 4) is 0 Å². The highest BCUT2D eigenvalue weighted by molar-refractivity contribution is 6.09. The van der Waals surface area contributed by atoms with E-state index in [0.717, 1.165) is 6.20 Å². The van der Waals surface area contributed by atoms with Crippen LogP contribution in [0.15, 0.2) is 47.1 Å². The largest absolute Gasteiger partial charge is 0.449 e. The highest BCUT2D eigenvalue weighted by Crippen LogP contribution is 2.24. The van der Waals surface area contributed by atoms with Crippen LogP contribution in [0, 0.1) is 11.6 Å². The van der Waals surface area contributed by atoms with E-state index < -0.39 is 17.4 Å². The van der Waals surface area contributed by atoms with Gasteiger partial charge < -0.3 is 4.42 Å². The molecule has 94 valence electrons. The van der Waals surface area contributed by atoms with Crippen molar-refractivity contribution in [3.63, 3.8) is 0 Å². The molecule has 2 aromatic heterocycles. The SMILES string of the molecule is O=C(c1cc2cccc(F)c2o1)c1ccncc1F. The van der Waals surface area contributed by atoms with Gasteiger partial charge in [0, 0.05) is 11.6 Å². The smallest absolute Gasteiger partial charge is 0.231 e. The van der Waals surface area contributed by atoms with Crippen LogP contribution in [0.5, 0.6) is 0 Å². The highest BCUT2D eigenvalue weighted by atomic mass is 19.1. The van der Waals surface area contributed by atoms with E-state index in [-0.39, 0.29) is 16.9 Å². The number of fused-ring (bicyclic) bond motifs is 1. The molecule has 3 nitrogen and oxygen atoms in total. The van der Waals surface area contributed by atoms with Crippen molar-refractivity contribution in [1.82, 2.24) is 4.98 Å². The zero-order chi connectivity index (χ0) is 13.4. The summed E-state index contributed by atoms with van der Waals surface area (Å²) in [4.78, 5) is 15.6. The molecule has 0 fully saturated rings. The first-order valence-corrected chi connectivity index (χ1v) is 5.49. The minimum Gasteiger partial charge on any atom is -0.449 e. The fourth-order valence-electron chi connectivity index (χ4n) is 1.83. The van der Waals surface area contributed by atoms with Crippen molar-refractivity contribution in [2.45, 2.75) is 0 Å². The molecule has 0 aliphatic heterocycles. The van der Waals surface area contributed by atoms with Crippen molar-refractivity contribution < 1.29 is 18.0 Å². The van der Waals surface area contributed by atoms with Gasteiger partial charge in [0.25, 0.3) is 0 Å². The number of para-hydroxylation sites is 1. The van der Waals surface area contributed by atoms with Crippen molar-refractivity contribution >= 4 is 16.8 Å². The Morgan fingerprint density at radius 2 is 2.00 bits per heavy atom. The Morgan fingerprint density at radius 3 is 2.74 bits per heavy atom. The lowest BCUT2D eigenvalue weighted by atomic mass is 10.1. The fraction of sp³-hybridized carbons (Fsp3) is 0. The standard InChI is InChI=1S/C14H7F2NO2/c15-10-3-1-2-8-6-12(19-14(8)10)13(18)9-4-5-17-7-11(9)16/h1-7H. The zero-order valence-electron chi connectivity index (χ0n) is 9.56. The highest BCUT2D eigenvalue weighted by Gasteiger charge is 2.19. The second-order valence-corrected chi connectivity index (χ2v) is 3.95. The number of rotatable bonds is 2. The van der Waals surface area contributed by atoms with E-state index in [9.17, 15) is 13.6 Å². The summed E-state index contributed by atoms with van der Waals surface area (Å²) in [6.45, 7) is 0. The Kier molecular flexibility index (Phi) is 2.59. The number of ketones is 1. The Bertz CT molecular complexity index is 780. The third-order valence-corrected chi connectivity index (χ3v) is 2.74. The summed E-state index contributed by atoms with van der Waals surface area (Å²) in [6.07, 6.45) is 2.25. The normalized spacial score (nSPS) is 10.8. The third-order valence-electron chi connectivity index (χ3n) is 2.74. The quantitative estimate of drug-likeness (QED) is 0.663. The van der Waals surface area contributed by atoms with Crippen molar-refractivity contribution in [3.05, 3.63) is 65.7 Å². The minimum atomic E-state index is -0.742. The first-order valence-electron chi connectivity index (χ1n) is 5.49. The van der Waals surface area contributed by atoms with Crippen molar-refractivity contribution in [1.29, 1.82) is 0 Å². The molecule has 0 saturated carbocycles. The molecule has 0 aliphatic rings. The number of carbonyl (C=O) groups is 1. The molecule has 0 atom stereocenters. The van der Waals surface area contributed by atoms with Gasteiger partial charge in [0.15, 0.2) is 23.0 Å². The predicted molar refractivity (Wildman–Crippen MR) is 63.8 cm³/mol. The summed E-state index contributed by atoms with van der Waals surface area (Å²) in [5, 5.41) is 0.456. The minimum absolute atomic E-state index is 0.0136. The maximum Gasteiger partial charge on any atom is 0.231 e. The van der Waals surface area contributed by atoms with Crippen LogP contribution < -0.4 is 0 Å². The number of furan rings is 1. The number of benzene rings is 1. The molecule has 0 spiro atoms. The number of hydrogen-bond donors (Lipinski definition) is 0. The average molecular weight is 259 g/mol. The van der Waals surface area contributed by atoms with Crippen molar-refractivity contribution in [2.24, 2.45) is 0 Å². The topological polar surface area (TPSA) is 43.1 Å². The Morgan fingerprint density at radius 1 is 1.16 bits per heavy atom. The lowest BCUT2D eigenvalue weighted by Crippen LogP contribution is -2.03. The van der Waals surface area contributed by atoms with E-state index >= 15 is 0 Å². The Hall–Kier alpha value is -2.56. The molecule has 0 saturated heterocycles. The second-order valence-electron chi connectivity index (χ2n) is 3.95. The van der Waals surface area contributed by atoms with Crippen molar-refractivity contribution in [2.75, 3.05) is 0 Å². The molecular formula is C14H7F2NO2. The van der Waals surface area contributed by atoms with E-state index in [4.69, 9.17) is 4.42 Å². The maximum atomic E-state index is 13.5. The summed E-state index contributed by atoms with van der Waals surface area (Å²) in [7, 11) is 0. The molecule has 1 aromatic carbocycles. The molecule has 5 heteroatoms. The van der Waals surface area contributed by atoms with Gasteiger partial charge in [-0.15, -0.1) is 0 Å². The number of hydrogen-bond acceptors (Lipinski definition) is 3. The van der Waals surface area contributed by atoms with E-state index in [0.29, 0.717) is 5.39 Å². The fourth-order valence-corrected chi connectivity index (χ4v) is 1.83. The van der Waals surface area contributed by atoms with Gasteiger partial charge >= 0.3 is 0 Å². The molecule has 0 unspecified atom stereocenters. The predicted octanol–water partition coefficient (Wildman–Crippen LogP) is 3.34. The van der Waals surface area contributed by atoms with E-state index in [1.807, 2.05) is 0 Å². The van der Waals surface area contributed by atoms with Crippen LogP contribution in [0.1, 0.15) is 16.1 Å².